The molecule has 0 atom stereocenters. The number of aromatic nitrogens is 3. The van der Waals surface area contributed by atoms with Gasteiger partial charge in [0.15, 0.2) is 5.82 Å². The summed E-state index contributed by atoms with van der Waals surface area (Å²) in [5.74, 6) is 1.60. The number of hydrogen-bond donors (Lipinski definition) is 2. The average molecular weight is 390 g/mol. The van der Waals surface area contributed by atoms with E-state index in [4.69, 9.17) is 4.74 Å². The molecular weight excluding hydrogens is 364 g/mol. The molecule has 3 aromatic rings. The van der Waals surface area contributed by atoms with Crippen LogP contribution in [0, 0.1) is 0 Å². The lowest BCUT2D eigenvalue weighted by atomic mass is 10.0. The summed E-state index contributed by atoms with van der Waals surface area (Å²) in [6.07, 6.45) is 1.63. The Bertz CT molecular complexity index is 938. The van der Waals surface area contributed by atoms with Gasteiger partial charge in [-0.1, -0.05) is 38.1 Å². The largest absolute Gasteiger partial charge is 0.378 e. The standard InChI is InChI=1S/C22H26N6O/c1-16(2)17-7-9-18(10-8-17)24-22-26-21(15-23-27-22)25-19-5-3-4-6-20(19)28-11-13-29-14-12-28/h3-10,15-16H,11-14H2,1-2H3,(H2,24,25,26,27). The fraction of sp³-hybridized carbons (Fsp3) is 0.318. The molecule has 0 saturated carbocycles. The smallest absolute Gasteiger partial charge is 0.249 e. The summed E-state index contributed by atoms with van der Waals surface area (Å²) >= 11 is 0. The predicted octanol–water partition coefficient (Wildman–Crippen LogP) is 4.32. The van der Waals surface area contributed by atoms with Gasteiger partial charge in [-0.2, -0.15) is 10.1 Å². The molecule has 0 aliphatic carbocycles. The second-order valence-corrected chi connectivity index (χ2v) is 7.31. The minimum absolute atomic E-state index is 0.455. The molecule has 0 bridgehead atoms. The molecule has 4 rings (SSSR count). The van der Waals surface area contributed by atoms with E-state index in [-0.39, 0.29) is 0 Å². The van der Waals surface area contributed by atoms with Crippen LogP contribution in [-0.4, -0.2) is 41.5 Å². The zero-order valence-electron chi connectivity index (χ0n) is 16.8. The van der Waals surface area contributed by atoms with Crippen LogP contribution in [-0.2, 0) is 4.74 Å². The minimum Gasteiger partial charge on any atom is -0.378 e. The average Bonchev–Trinajstić information content (AvgIpc) is 2.75. The molecule has 0 spiro atoms. The molecular formula is C22H26N6O. The van der Waals surface area contributed by atoms with Crippen LogP contribution in [0.2, 0.25) is 0 Å². The number of benzene rings is 2. The summed E-state index contributed by atoms with van der Waals surface area (Å²) < 4.78 is 5.47. The van der Waals surface area contributed by atoms with Crippen LogP contribution < -0.4 is 15.5 Å². The second-order valence-electron chi connectivity index (χ2n) is 7.31. The molecule has 2 heterocycles. The monoisotopic (exact) mass is 390 g/mol. The maximum Gasteiger partial charge on any atom is 0.249 e. The van der Waals surface area contributed by atoms with Gasteiger partial charge < -0.3 is 20.3 Å². The van der Waals surface area contributed by atoms with Gasteiger partial charge in [-0.15, -0.1) is 5.10 Å². The van der Waals surface area contributed by atoms with E-state index in [0.717, 1.165) is 43.4 Å². The lowest BCUT2D eigenvalue weighted by Gasteiger charge is -2.30. The van der Waals surface area contributed by atoms with Crippen LogP contribution in [0.5, 0.6) is 0 Å². The zero-order valence-corrected chi connectivity index (χ0v) is 16.8. The van der Waals surface area contributed by atoms with Crippen molar-refractivity contribution in [2.75, 3.05) is 41.8 Å². The Balaban J connectivity index is 1.49. The van der Waals surface area contributed by atoms with Crippen molar-refractivity contribution in [1.82, 2.24) is 15.2 Å². The third-order valence-corrected chi connectivity index (χ3v) is 4.91. The van der Waals surface area contributed by atoms with Crippen molar-refractivity contribution in [3.05, 3.63) is 60.3 Å². The van der Waals surface area contributed by atoms with Crippen LogP contribution >= 0.6 is 0 Å². The van der Waals surface area contributed by atoms with Crippen LogP contribution in [0.15, 0.2) is 54.7 Å². The number of para-hydroxylation sites is 2. The summed E-state index contributed by atoms with van der Waals surface area (Å²) in [7, 11) is 0. The zero-order chi connectivity index (χ0) is 20.1. The van der Waals surface area contributed by atoms with Crippen molar-refractivity contribution in [2.45, 2.75) is 19.8 Å². The molecule has 2 aromatic carbocycles. The van der Waals surface area contributed by atoms with E-state index in [1.807, 2.05) is 30.3 Å². The highest BCUT2D eigenvalue weighted by molar-refractivity contribution is 5.74. The van der Waals surface area contributed by atoms with Gasteiger partial charge in [-0.3, -0.25) is 0 Å². The van der Waals surface area contributed by atoms with Crippen molar-refractivity contribution >= 4 is 28.8 Å². The molecule has 1 aromatic heterocycles. The van der Waals surface area contributed by atoms with Crippen LogP contribution in [0.4, 0.5) is 28.8 Å². The first-order chi connectivity index (χ1) is 14.2. The van der Waals surface area contributed by atoms with Gasteiger partial charge in [0.1, 0.15) is 0 Å². The first-order valence-electron chi connectivity index (χ1n) is 9.94. The molecule has 0 unspecified atom stereocenters. The van der Waals surface area contributed by atoms with E-state index in [1.54, 1.807) is 6.20 Å². The summed E-state index contributed by atoms with van der Waals surface area (Å²) in [5.41, 5.74) is 4.35. The fourth-order valence-electron chi connectivity index (χ4n) is 3.29. The Labute approximate surface area is 171 Å². The van der Waals surface area contributed by atoms with Crippen molar-refractivity contribution < 1.29 is 4.74 Å². The second kappa shape index (κ2) is 8.87. The highest BCUT2D eigenvalue weighted by atomic mass is 16.5. The van der Waals surface area contributed by atoms with E-state index < -0.39 is 0 Å². The van der Waals surface area contributed by atoms with Gasteiger partial charge in [0.25, 0.3) is 0 Å². The molecule has 150 valence electrons. The number of hydrogen-bond acceptors (Lipinski definition) is 7. The number of nitrogens with one attached hydrogen (secondary N) is 2. The number of morpholine rings is 1. The van der Waals surface area contributed by atoms with Crippen LogP contribution in [0.25, 0.3) is 0 Å². The molecule has 1 fully saturated rings. The summed E-state index contributed by atoms with van der Waals surface area (Å²) in [5, 5.41) is 14.8. The molecule has 0 radical (unpaired) electrons. The molecule has 7 heteroatoms. The minimum atomic E-state index is 0.455. The van der Waals surface area contributed by atoms with Gasteiger partial charge in [0.05, 0.1) is 30.8 Å². The van der Waals surface area contributed by atoms with Gasteiger partial charge in [0.2, 0.25) is 5.95 Å². The van der Waals surface area contributed by atoms with Crippen LogP contribution in [0.1, 0.15) is 25.3 Å². The van der Waals surface area contributed by atoms with Crippen molar-refractivity contribution in [3.63, 3.8) is 0 Å². The maximum atomic E-state index is 5.47. The molecule has 29 heavy (non-hydrogen) atoms. The summed E-state index contributed by atoms with van der Waals surface area (Å²) in [4.78, 5) is 6.88. The molecule has 1 aliphatic rings. The molecule has 1 saturated heterocycles. The van der Waals surface area contributed by atoms with E-state index >= 15 is 0 Å². The van der Waals surface area contributed by atoms with Crippen molar-refractivity contribution in [3.8, 4) is 0 Å². The third-order valence-electron chi connectivity index (χ3n) is 4.91. The maximum absolute atomic E-state index is 5.47. The first-order valence-corrected chi connectivity index (χ1v) is 9.94. The van der Waals surface area contributed by atoms with E-state index in [9.17, 15) is 0 Å². The quantitative estimate of drug-likeness (QED) is 0.649. The topological polar surface area (TPSA) is 75.2 Å². The van der Waals surface area contributed by atoms with Crippen molar-refractivity contribution in [2.24, 2.45) is 0 Å². The highest BCUT2D eigenvalue weighted by Gasteiger charge is 2.15. The lowest BCUT2D eigenvalue weighted by molar-refractivity contribution is 0.123. The van der Waals surface area contributed by atoms with Gasteiger partial charge in [0, 0.05) is 18.8 Å². The van der Waals surface area contributed by atoms with E-state index in [2.05, 4.69) is 62.8 Å². The Hall–Kier alpha value is -3.19. The SMILES string of the molecule is CC(C)c1ccc(Nc2nncc(Nc3ccccc3N3CCOCC3)n2)cc1. The Morgan fingerprint density at radius 2 is 1.72 bits per heavy atom. The number of nitrogens with zero attached hydrogens (tertiary/aromatic N) is 4. The third kappa shape index (κ3) is 4.81. The Kier molecular flexibility index (Phi) is 5.86. The number of rotatable bonds is 6. The fourth-order valence-corrected chi connectivity index (χ4v) is 3.29. The highest BCUT2D eigenvalue weighted by Crippen LogP contribution is 2.29. The lowest BCUT2D eigenvalue weighted by Crippen LogP contribution is -2.36. The number of ether oxygens (including phenoxy) is 1. The first kappa shape index (κ1) is 19.1. The van der Waals surface area contributed by atoms with Gasteiger partial charge in [-0.25, -0.2) is 0 Å². The molecule has 7 nitrogen and oxygen atoms in total. The summed E-state index contributed by atoms with van der Waals surface area (Å²) in [6, 6.07) is 16.5. The Morgan fingerprint density at radius 3 is 2.48 bits per heavy atom. The Morgan fingerprint density at radius 1 is 0.966 bits per heavy atom. The van der Waals surface area contributed by atoms with Gasteiger partial charge in [-0.05, 0) is 35.7 Å². The van der Waals surface area contributed by atoms with Crippen molar-refractivity contribution in [1.29, 1.82) is 0 Å². The van der Waals surface area contributed by atoms with E-state index in [1.165, 1.54) is 5.56 Å². The molecule has 2 N–H and O–H groups in total. The summed E-state index contributed by atoms with van der Waals surface area (Å²) in [6.45, 7) is 7.60. The normalized spacial score (nSPS) is 14.1. The van der Waals surface area contributed by atoms with Gasteiger partial charge >= 0.3 is 0 Å². The van der Waals surface area contributed by atoms with Crippen LogP contribution in [0.3, 0.4) is 0 Å². The predicted molar refractivity (Wildman–Crippen MR) is 116 cm³/mol. The molecule has 1 aliphatic heterocycles. The number of anilines is 5. The van der Waals surface area contributed by atoms with E-state index in [0.29, 0.717) is 17.7 Å². The molecule has 0 amide bonds.